The Balaban J connectivity index is 1.01. The molecule has 0 radical (unpaired) electrons. The topological polar surface area (TPSA) is 173 Å². The fourth-order valence-corrected chi connectivity index (χ4v) is 7.00. The lowest BCUT2D eigenvalue weighted by Gasteiger charge is -2.19. The van der Waals surface area contributed by atoms with Gasteiger partial charge in [0.25, 0.3) is 11.8 Å². The van der Waals surface area contributed by atoms with Gasteiger partial charge in [-0.3, -0.25) is 24.2 Å². The monoisotopic (exact) mass is 749 g/mol. The third-order valence-electron chi connectivity index (χ3n) is 8.82. The molecular weight excluding hydrogens is 711 g/mol. The number of imidazole rings is 1. The molecule has 1 atom stereocenters. The van der Waals surface area contributed by atoms with Gasteiger partial charge in [0.1, 0.15) is 6.29 Å². The molecule has 2 aromatic heterocycles. The van der Waals surface area contributed by atoms with Crippen LogP contribution in [0.15, 0.2) is 71.9 Å². The number of benzene rings is 3. The molecule has 1 unspecified atom stereocenters. The van der Waals surface area contributed by atoms with Gasteiger partial charge in [0.05, 0.1) is 30.3 Å². The van der Waals surface area contributed by atoms with Crippen LogP contribution in [0.4, 0.5) is 22.9 Å². The van der Waals surface area contributed by atoms with E-state index in [1.807, 2.05) is 31.5 Å². The van der Waals surface area contributed by atoms with Crippen molar-refractivity contribution in [1.29, 1.82) is 0 Å². The zero-order chi connectivity index (χ0) is 38.2. The number of amides is 3. The fraction of sp³-hybridized carbons (Fsp3) is 0.256. The average molecular weight is 750 g/mol. The fourth-order valence-electron chi connectivity index (χ4n) is 6.04. The van der Waals surface area contributed by atoms with Gasteiger partial charge in [-0.1, -0.05) is 18.2 Å². The molecular formula is C39H39N7O7S. The Hall–Kier alpha value is -6.35. The number of nitrogens with zero attached hydrogens (tertiary/aromatic N) is 4. The lowest BCUT2D eigenvalue weighted by atomic mass is 10.1. The van der Waals surface area contributed by atoms with Crippen LogP contribution in [0.3, 0.4) is 0 Å². The van der Waals surface area contributed by atoms with Gasteiger partial charge in [-0.2, -0.15) is 0 Å². The van der Waals surface area contributed by atoms with Crippen LogP contribution in [0.1, 0.15) is 55.5 Å². The number of fused-ring (bicyclic) bond motifs is 2. The highest BCUT2D eigenvalue weighted by atomic mass is 32.1. The second-order valence-corrected chi connectivity index (χ2v) is 13.6. The highest BCUT2D eigenvalue weighted by Gasteiger charge is 2.25. The van der Waals surface area contributed by atoms with Gasteiger partial charge in [0.2, 0.25) is 11.7 Å². The number of hydrogen-bond acceptors (Lipinski definition) is 11. The summed E-state index contributed by atoms with van der Waals surface area (Å²) in [7, 11) is 5.15. The summed E-state index contributed by atoms with van der Waals surface area (Å²) in [6, 6.07) is 18.5. The average Bonchev–Trinajstić information content (AvgIpc) is 3.86. The number of hydrogen-bond donors (Lipinski definition) is 3. The van der Waals surface area contributed by atoms with Gasteiger partial charge in [-0.05, 0) is 60.2 Å². The number of methoxy groups -OCH3 is 1. The number of anilines is 3. The van der Waals surface area contributed by atoms with Gasteiger partial charge in [-0.15, -0.1) is 11.3 Å². The molecule has 0 spiro atoms. The molecule has 0 bridgehead atoms. The van der Waals surface area contributed by atoms with E-state index in [1.54, 1.807) is 43.6 Å². The number of nitrogens with one attached hydrogen (secondary N) is 3. The van der Waals surface area contributed by atoms with E-state index >= 15 is 0 Å². The summed E-state index contributed by atoms with van der Waals surface area (Å²) in [5, 5.41) is 9.02. The van der Waals surface area contributed by atoms with Crippen LogP contribution in [-0.2, 0) is 23.1 Å². The number of thiophene rings is 1. The summed E-state index contributed by atoms with van der Waals surface area (Å²) in [5.41, 5.74) is 3.71. The first-order valence-corrected chi connectivity index (χ1v) is 18.0. The van der Waals surface area contributed by atoms with E-state index in [0.29, 0.717) is 39.7 Å². The zero-order valence-electron chi connectivity index (χ0n) is 30.0. The molecule has 1 aliphatic heterocycles. The third kappa shape index (κ3) is 8.64. The predicted molar refractivity (Wildman–Crippen MR) is 208 cm³/mol. The smallest absolute Gasteiger partial charge is 0.291 e. The first-order valence-electron chi connectivity index (χ1n) is 17.2. The molecule has 6 rings (SSSR count). The van der Waals surface area contributed by atoms with E-state index in [2.05, 4.69) is 43.0 Å². The third-order valence-corrected chi connectivity index (χ3v) is 9.94. The number of likely N-dealkylation sites (N-methyl/N-ethyl adjacent to an activating group) is 1. The van der Waals surface area contributed by atoms with Crippen molar-refractivity contribution in [3.05, 3.63) is 88.7 Å². The van der Waals surface area contributed by atoms with Gasteiger partial charge in [0.15, 0.2) is 23.6 Å². The van der Waals surface area contributed by atoms with E-state index in [4.69, 9.17) is 9.47 Å². The van der Waals surface area contributed by atoms with Gasteiger partial charge < -0.3 is 39.7 Å². The van der Waals surface area contributed by atoms with E-state index in [0.717, 1.165) is 34.8 Å². The van der Waals surface area contributed by atoms with E-state index in [1.165, 1.54) is 28.6 Å². The van der Waals surface area contributed by atoms with E-state index in [-0.39, 0.29) is 55.5 Å². The van der Waals surface area contributed by atoms with Crippen molar-refractivity contribution < 1.29 is 33.4 Å². The number of aryl methyl sites for hydroxylation is 1. The van der Waals surface area contributed by atoms with E-state index in [9.17, 15) is 24.0 Å². The molecule has 278 valence electrons. The molecule has 3 N–H and O–H groups in total. The lowest BCUT2D eigenvalue weighted by molar-refractivity contribution is -0.116. The quantitative estimate of drug-likeness (QED) is 0.0661. The molecule has 3 heterocycles. The van der Waals surface area contributed by atoms with Crippen LogP contribution in [0.25, 0.3) is 10.1 Å². The number of aliphatic imine (C=N–C) groups is 1. The molecule has 0 saturated carbocycles. The number of rotatable bonds is 16. The predicted octanol–water partition coefficient (Wildman–Crippen LogP) is 5.59. The summed E-state index contributed by atoms with van der Waals surface area (Å²) in [4.78, 5) is 72.3. The molecule has 3 amide bonds. The molecule has 0 aliphatic carbocycles. The van der Waals surface area contributed by atoms with Crippen LogP contribution in [-0.4, -0.2) is 79.4 Å². The van der Waals surface area contributed by atoms with Crippen molar-refractivity contribution in [2.45, 2.75) is 31.7 Å². The molecule has 1 aliphatic rings. The molecule has 54 heavy (non-hydrogen) atoms. The van der Waals surface area contributed by atoms with Gasteiger partial charge in [0, 0.05) is 73.6 Å². The first kappa shape index (κ1) is 37.4. The Labute approximate surface area is 315 Å². The minimum atomic E-state index is -0.480. The normalized spacial score (nSPS) is 13.5. The second-order valence-electron chi connectivity index (χ2n) is 12.6. The molecule has 14 nitrogen and oxygen atoms in total. The molecule has 0 fully saturated rings. The highest BCUT2D eigenvalue weighted by Crippen LogP contribution is 2.36. The van der Waals surface area contributed by atoms with Gasteiger partial charge in [-0.25, -0.2) is 4.98 Å². The number of aromatic nitrogens is 2. The maximum atomic E-state index is 13.1. The molecule has 15 heteroatoms. The van der Waals surface area contributed by atoms with Crippen molar-refractivity contribution >= 4 is 80.8 Å². The van der Waals surface area contributed by atoms with Crippen molar-refractivity contribution in [2.24, 2.45) is 12.0 Å². The van der Waals surface area contributed by atoms with Crippen LogP contribution in [0, 0.1) is 0 Å². The molecule has 0 saturated heterocycles. The molecule has 3 aromatic carbocycles. The maximum Gasteiger partial charge on any atom is 0.291 e. The molecule has 5 aromatic rings. The SMILES string of the molecule is COc1cc(C=O)c(N=CC2Cc3ccccc3N2C)cc1OCCCC(=O)Nc1cn(C)c(C(=O)Nc2ccc3sc(C(=O)NCCC=O)cc3c2)n1. The Morgan fingerprint density at radius 1 is 1.02 bits per heavy atom. The van der Waals surface area contributed by atoms with Crippen LogP contribution in [0.5, 0.6) is 11.5 Å². The summed E-state index contributed by atoms with van der Waals surface area (Å²) < 4.78 is 13.8. The van der Waals surface area contributed by atoms with Crippen molar-refractivity contribution in [1.82, 2.24) is 14.9 Å². The summed E-state index contributed by atoms with van der Waals surface area (Å²) in [6.07, 6.45) is 6.38. The number of para-hydroxylation sites is 1. The second kappa shape index (κ2) is 17.0. The lowest BCUT2D eigenvalue weighted by Crippen LogP contribution is -2.28. The maximum absolute atomic E-state index is 13.1. The Kier molecular flexibility index (Phi) is 11.8. The number of ether oxygens (including phenoxy) is 2. The Bertz CT molecular complexity index is 2250. The Morgan fingerprint density at radius 3 is 2.63 bits per heavy atom. The van der Waals surface area contributed by atoms with Crippen molar-refractivity contribution in [3.8, 4) is 11.5 Å². The largest absolute Gasteiger partial charge is 0.493 e. The standard InChI is InChI=1S/C39H39N7O7S/c1-45-22-35(44-37(45)39(51)42-27-11-12-33-25(16-27)19-34(54-33)38(50)40-13-7-14-47)43-36(49)10-6-15-53-32-20-29(26(23-48)18-31(32)52-3)41-21-28-17-24-8-4-5-9-30(24)46(28)2/h4-5,8-9,11-12,14,16,18-23,28H,6-7,10,13,15,17H2,1-3H3,(H,40,50)(H,42,51)(H,43,49). The van der Waals surface area contributed by atoms with Crippen LogP contribution < -0.4 is 30.3 Å². The Morgan fingerprint density at radius 2 is 1.85 bits per heavy atom. The summed E-state index contributed by atoms with van der Waals surface area (Å²) >= 11 is 1.31. The highest BCUT2D eigenvalue weighted by molar-refractivity contribution is 7.20. The number of carbonyl (C=O) groups is 5. The minimum absolute atomic E-state index is 0.0377. The summed E-state index contributed by atoms with van der Waals surface area (Å²) in [6.45, 7) is 0.449. The van der Waals surface area contributed by atoms with Crippen molar-refractivity contribution in [2.75, 3.05) is 42.8 Å². The first-order chi connectivity index (χ1) is 26.2. The van der Waals surface area contributed by atoms with E-state index < -0.39 is 5.91 Å². The van der Waals surface area contributed by atoms with Crippen LogP contribution in [0.2, 0.25) is 0 Å². The number of carbonyl (C=O) groups excluding carboxylic acids is 5. The van der Waals surface area contributed by atoms with Gasteiger partial charge >= 0.3 is 0 Å². The zero-order valence-corrected chi connectivity index (χ0v) is 30.8. The number of aldehydes is 2. The van der Waals surface area contributed by atoms with Crippen LogP contribution >= 0.6 is 11.3 Å². The summed E-state index contributed by atoms with van der Waals surface area (Å²) in [5.74, 6) is 0.0203. The van der Waals surface area contributed by atoms with Crippen molar-refractivity contribution in [3.63, 3.8) is 0 Å². The minimum Gasteiger partial charge on any atom is -0.493 e.